The van der Waals surface area contributed by atoms with E-state index in [0.29, 0.717) is 23.3 Å². The normalized spacial score (nSPS) is 19.6. The van der Waals surface area contributed by atoms with Gasteiger partial charge < -0.3 is 14.4 Å². The number of piperidine rings is 1. The van der Waals surface area contributed by atoms with Crippen molar-refractivity contribution >= 4 is 27.9 Å². The first-order valence-corrected chi connectivity index (χ1v) is 12.0. The third-order valence-electron chi connectivity index (χ3n) is 6.52. The molecule has 1 aliphatic heterocycles. The third kappa shape index (κ3) is 4.95. The van der Waals surface area contributed by atoms with Gasteiger partial charge in [0, 0.05) is 49.0 Å². The predicted octanol–water partition coefficient (Wildman–Crippen LogP) is 3.21. The fourth-order valence-corrected chi connectivity index (χ4v) is 5.12. The number of rotatable bonds is 9. The fourth-order valence-electron chi connectivity index (χ4n) is 4.46. The number of anilines is 1. The highest BCUT2D eigenvalue weighted by molar-refractivity contribution is 7.76. The highest BCUT2D eigenvalue weighted by atomic mass is 32.2. The number of fused-ring (bicyclic) bond motifs is 1. The van der Waals surface area contributed by atoms with Crippen LogP contribution in [0.25, 0.3) is 10.9 Å². The van der Waals surface area contributed by atoms with Gasteiger partial charge in [-0.2, -0.15) is 0 Å². The number of pyridine rings is 1. The quantitative estimate of drug-likeness (QED) is 0.450. The number of hydrogen-bond donors (Lipinski definition) is 2. The Morgan fingerprint density at radius 2 is 1.90 bits per heavy atom. The molecule has 170 valence electrons. The van der Waals surface area contributed by atoms with Crippen LogP contribution < -0.4 is 19.8 Å². The van der Waals surface area contributed by atoms with Crippen LogP contribution in [-0.4, -0.2) is 58.1 Å². The van der Waals surface area contributed by atoms with E-state index in [-0.39, 0.29) is 6.04 Å². The van der Waals surface area contributed by atoms with Crippen molar-refractivity contribution in [1.29, 1.82) is 0 Å². The van der Waals surface area contributed by atoms with Gasteiger partial charge in [-0.3, -0.25) is 9.54 Å². The first kappa shape index (κ1) is 22.3. The summed E-state index contributed by atoms with van der Waals surface area (Å²) in [5.74, 6) is 2.41. The summed E-state index contributed by atoms with van der Waals surface area (Å²) in [7, 11) is 3.29. The molecule has 0 spiro atoms. The molecule has 0 bridgehead atoms. The second kappa shape index (κ2) is 9.68. The standard InChI is InChI=1S/C22H32N4O4S/c1-15(14-24-26(31(27)28)17-4-5-17)16-7-10-25(11-8-16)20-6-9-23-19-13-22(30-3)21(29-2)12-18(19)20/h6,9,12-13,15-17,24H,4-5,7-8,10-11,14H2,1-3H3,(H,27,28). The maximum atomic E-state index is 11.5. The molecule has 9 heteroatoms. The molecular formula is C22H32N4O4S. The molecule has 1 aromatic carbocycles. The van der Waals surface area contributed by atoms with E-state index in [1.807, 2.05) is 18.3 Å². The van der Waals surface area contributed by atoms with E-state index in [1.54, 1.807) is 14.2 Å². The Morgan fingerprint density at radius 3 is 2.52 bits per heavy atom. The van der Waals surface area contributed by atoms with Crippen LogP contribution in [0.15, 0.2) is 24.4 Å². The molecule has 4 rings (SSSR count). The van der Waals surface area contributed by atoms with Gasteiger partial charge >= 0.3 is 0 Å². The number of hydrogen-bond acceptors (Lipinski definition) is 6. The molecule has 0 amide bonds. The van der Waals surface area contributed by atoms with Gasteiger partial charge in [-0.15, -0.1) is 4.41 Å². The number of aromatic nitrogens is 1. The van der Waals surface area contributed by atoms with Gasteiger partial charge in [0.25, 0.3) is 0 Å². The Bertz CT molecular complexity index is 931. The average Bonchev–Trinajstić information content (AvgIpc) is 3.62. The van der Waals surface area contributed by atoms with E-state index in [1.165, 1.54) is 10.1 Å². The summed E-state index contributed by atoms with van der Waals surface area (Å²) < 4.78 is 33.4. The van der Waals surface area contributed by atoms with E-state index < -0.39 is 11.3 Å². The van der Waals surface area contributed by atoms with Crippen molar-refractivity contribution in [3.05, 3.63) is 24.4 Å². The van der Waals surface area contributed by atoms with E-state index in [0.717, 1.165) is 56.2 Å². The summed E-state index contributed by atoms with van der Waals surface area (Å²) in [5, 5.41) is 1.07. The smallest absolute Gasteiger partial charge is 0.249 e. The molecule has 31 heavy (non-hydrogen) atoms. The Balaban J connectivity index is 1.40. The number of benzene rings is 1. The van der Waals surface area contributed by atoms with Crippen molar-refractivity contribution in [2.24, 2.45) is 11.8 Å². The summed E-state index contributed by atoms with van der Waals surface area (Å²) in [6.45, 7) is 4.90. The van der Waals surface area contributed by atoms with E-state index in [9.17, 15) is 8.76 Å². The van der Waals surface area contributed by atoms with Crippen molar-refractivity contribution in [3.63, 3.8) is 0 Å². The number of nitrogens with zero attached hydrogens (tertiary/aromatic N) is 3. The Hall–Kier alpha value is -1.94. The largest absolute Gasteiger partial charge is 0.493 e. The summed E-state index contributed by atoms with van der Waals surface area (Å²) >= 11 is -1.95. The number of ether oxygens (including phenoxy) is 2. The minimum Gasteiger partial charge on any atom is -0.493 e. The molecule has 0 radical (unpaired) electrons. The predicted molar refractivity (Wildman–Crippen MR) is 123 cm³/mol. The van der Waals surface area contributed by atoms with Gasteiger partial charge in [0.15, 0.2) is 11.5 Å². The van der Waals surface area contributed by atoms with Gasteiger partial charge in [-0.05, 0) is 49.7 Å². The van der Waals surface area contributed by atoms with Crippen LogP contribution in [0.4, 0.5) is 5.69 Å². The summed E-state index contributed by atoms with van der Waals surface area (Å²) in [6, 6.07) is 6.21. The van der Waals surface area contributed by atoms with Crippen LogP contribution in [0.5, 0.6) is 11.5 Å². The Morgan fingerprint density at radius 1 is 1.23 bits per heavy atom. The van der Waals surface area contributed by atoms with Crippen molar-refractivity contribution in [2.75, 3.05) is 38.8 Å². The molecule has 2 N–H and O–H groups in total. The maximum Gasteiger partial charge on any atom is 0.249 e. The van der Waals surface area contributed by atoms with Crippen molar-refractivity contribution < 1.29 is 18.2 Å². The highest BCUT2D eigenvalue weighted by Gasteiger charge is 2.33. The molecule has 8 nitrogen and oxygen atoms in total. The van der Waals surface area contributed by atoms with Crippen LogP contribution in [0.3, 0.4) is 0 Å². The van der Waals surface area contributed by atoms with Gasteiger partial charge in [0.05, 0.1) is 19.7 Å². The SMILES string of the molecule is COc1cc2nccc(N3CCC(C(C)CNN(C4CC4)S(=O)O)CC3)c2cc1OC. The molecule has 2 aromatic rings. The molecule has 1 aromatic heterocycles. The topological polar surface area (TPSA) is 87.2 Å². The monoisotopic (exact) mass is 448 g/mol. The molecule has 2 fully saturated rings. The molecule has 1 saturated heterocycles. The average molecular weight is 449 g/mol. The van der Waals surface area contributed by atoms with Crippen LogP contribution >= 0.6 is 0 Å². The van der Waals surface area contributed by atoms with Crippen molar-refractivity contribution in [1.82, 2.24) is 14.8 Å². The summed E-state index contributed by atoms with van der Waals surface area (Å²) in [6.07, 6.45) is 6.01. The second-order valence-corrected chi connectivity index (χ2v) is 9.36. The first-order valence-electron chi connectivity index (χ1n) is 10.9. The molecule has 1 aliphatic carbocycles. The first-order chi connectivity index (χ1) is 15.0. The molecule has 2 unspecified atom stereocenters. The van der Waals surface area contributed by atoms with Crippen LogP contribution in [-0.2, 0) is 11.3 Å². The number of nitrogens with one attached hydrogen (secondary N) is 1. The minimum absolute atomic E-state index is 0.204. The van der Waals surface area contributed by atoms with Gasteiger partial charge in [-0.25, -0.2) is 9.63 Å². The zero-order chi connectivity index (χ0) is 22.0. The molecular weight excluding hydrogens is 416 g/mol. The highest BCUT2D eigenvalue weighted by Crippen LogP contribution is 2.37. The molecule has 2 aliphatic rings. The Labute approximate surface area is 186 Å². The van der Waals surface area contributed by atoms with Crippen molar-refractivity contribution in [2.45, 2.75) is 38.6 Å². The van der Waals surface area contributed by atoms with Crippen molar-refractivity contribution in [3.8, 4) is 11.5 Å². The molecule has 2 heterocycles. The van der Waals surface area contributed by atoms with Gasteiger partial charge in [0.1, 0.15) is 0 Å². The minimum atomic E-state index is -1.95. The molecule has 2 atom stereocenters. The van der Waals surface area contributed by atoms with Crippen LogP contribution in [0.2, 0.25) is 0 Å². The number of hydrazine groups is 1. The van der Waals surface area contributed by atoms with Gasteiger partial charge in [-0.1, -0.05) is 6.92 Å². The Kier molecular flexibility index (Phi) is 6.95. The third-order valence-corrected chi connectivity index (χ3v) is 7.29. The molecule has 1 saturated carbocycles. The maximum absolute atomic E-state index is 11.5. The number of methoxy groups -OCH3 is 2. The zero-order valence-corrected chi connectivity index (χ0v) is 19.2. The lowest BCUT2D eigenvalue weighted by Gasteiger charge is -2.37. The van der Waals surface area contributed by atoms with Gasteiger partial charge in [0.2, 0.25) is 11.3 Å². The second-order valence-electron chi connectivity index (χ2n) is 8.51. The summed E-state index contributed by atoms with van der Waals surface area (Å²) in [5.41, 5.74) is 5.27. The fraction of sp³-hybridized carbons (Fsp3) is 0.591. The lowest BCUT2D eigenvalue weighted by atomic mass is 9.85. The van der Waals surface area contributed by atoms with E-state index >= 15 is 0 Å². The van der Waals surface area contributed by atoms with Crippen LogP contribution in [0, 0.1) is 11.8 Å². The lowest BCUT2D eigenvalue weighted by Crippen LogP contribution is -2.45. The van der Waals surface area contributed by atoms with E-state index in [2.05, 4.69) is 28.3 Å². The summed E-state index contributed by atoms with van der Waals surface area (Å²) in [4.78, 5) is 6.94. The van der Waals surface area contributed by atoms with E-state index in [4.69, 9.17) is 9.47 Å². The zero-order valence-electron chi connectivity index (χ0n) is 18.4. The lowest BCUT2D eigenvalue weighted by molar-refractivity contribution is 0.226. The van der Waals surface area contributed by atoms with Crippen LogP contribution in [0.1, 0.15) is 32.6 Å².